The minimum absolute atomic E-state index is 0.304. The monoisotopic (exact) mass is 310 g/mol. The fourth-order valence-corrected chi connectivity index (χ4v) is 4.56. The molecule has 0 amide bonds. The Balaban J connectivity index is 1.83. The van der Waals surface area contributed by atoms with Crippen LogP contribution in [0.1, 0.15) is 18.4 Å². The molecule has 6 heteroatoms. The zero-order chi connectivity index (χ0) is 14.9. The van der Waals surface area contributed by atoms with Gasteiger partial charge < -0.3 is 10.1 Å². The summed E-state index contributed by atoms with van der Waals surface area (Å²) in [5.74, 6) is 0. The van der Waals surface area contributed by atoms with Crippen molar-refractivity contribution in [3.63, 3.8) is 0 Å². The molecule has 1 spiro atoms. The van der Waals surface area contributed by atoms with E-state index in [1.807, 2.05) is 19.1 Å². The highest BCUT2D eigenvalue weighted by molar-refractivity contribution is 7.89. The predicted molar refractivity (Wildman–Crippen MR) is 80.7 cm³/mol. The van der Waals surface area contributed by atoms with Crippen molar-refractivity contribution in [1.82, 2.24) is 9.62 Å². The molecular weight excluding hydrogens is 288 g/mol. The van der Waals surface area contributed by atoms with E-state index in [1.165, 1.54) is 0 Å². The molecule has 116 valence electrons. The highest BCUT2D eigenvalue weighted by atomic mass is 32.2. The van der Waals surface area contributed by atoms with Gasteiger partial charge in [0, 0.05) is 13.1 Å². The van der Waals surface area contributed by atoms with Crippen LogP contribution < -0.4 is 5.32 Å². The summed E-state index contributed by atoms with van der Waals surface area (Å²) < 4.78 is 33.1. The van der Waals surface area contributed by atoms with E-state index in [4.69, 9.17) is 4.74 Å². The van der Waals surface area contributed by atoms with Crippen molar-refractivity contribution < 1.29 is 13.2 Å². The number of ether oxygens (including phenoxy) is 1. The summed E-state index contributed by atoms with van der Waals surface area (Å²) in [4.78, 5) is 0.374. The van der Waals surface area contributed by atoms with Crippen LogP contribution in [-0.4, -0.2) is 51.1 Å². The van der Waals surface area contributed by atoms with E-state index >= 15 is 0 Å². The Morgan fingerprint density at radius 2 is 1.86 bits per heavy atom. The third-order valence-electron chi connectivity index (χ3n) is 4.39. The number of morpholine rings is 1. The first-order chi connectivity index (χ1) is 10.0. The molecule has 0 atom stereocenters. The molecule has 0 saturated carbocycles. The van der Waals surface area contributed by atoms with Crippen LogP contribution in [0, 0.1) is 6.92 Å². The second kappa shape index (κ2) is 5.68. The van der Waals surface area contributed by atoms with Crippen LogP contribution >= 0.6 is 0 Å². The number of nitrogens with one attached hydrogen (secondary N) is 1. The average molecular weight is 310 g/mol. The molecule has 2 heterocycles. The SMILES string of the molecule is Cc1ccc(S(=O)(=O)N2CCOC3(CCNCC3)C2)cc1. The summed E-state index contributed by atoms with van der Waals surface area (Å²) in [5, 5.41) is 3.30. The van der Waals surface area contributed by atoms with E-state index in [9.17, 15) is 8.42 Å². The molecule has 0 bridgehead atoms. The van der Waals surface area contributed by atoms with Gasteiger partial charge in [0.05, 0.1) is 17.1 Å². The maximum Gasteiger partial charge on any atom is 0.243 e. The van der Waals surface area contributed by atoms with Gasteiger partial charge in [-0.3, -0.25) is 0 Å². The Labute approximate surface area is 126 Å². The summed E-state index contributed by atoms with van der Waals surface area (Å²) in [6.45, 7) is 5.10. The Kier molecular flexibility index (Phi) is 4.05. The lowest BCUT2D eigenvalue weighted by atomic mass is 9.91. The van der Waals surface area contributed by atoms with E-state index in [0.717, 1.165) is 31.5 Å². The molecule has 0 aromatic heterocycles. The standard InChI is InChI=1S/C15H22N2O3S/c1-13-2-4-14(5-3-13)21(18,19)17-10-11-20-15(12-17)6-8-16-9-7-15/h2-5,16H,6-12H2,1H3. The fourth-order valence-electron chi connectivity index (χ4n) is 3.06. The fraction of sp³-hybridized carbons (Fsp3) is 0.600. The quantitative estimate of drug-likeness (QED) is 0.890. The zero-order valence-corrected chi connectivity index (χ0v) is 13.2. The van der Waals surface area contributed by atoms with Crippen LogP contribution in [0.2, 0.25) is 0 Å². The molecule has 2 saturated heterocycles. The maximum atomic E-state index is 12.8. The smallest absolute Gasteiger partial charge is 0.243 e. The largest absolute Gasteiger partial charge is 0.372 e. The molecule has 1 aromatic rings. The highest BCUT2D eigenvalue weighted by Gasteiger charge is 2.41. The number of nitrogens with zero attached hydrogens (tertiary/aromatic N) is 1. The third kappa shape index (κ3) is 2.99. The molecule has 2 aliphatic rings. The first-order valence-corrected chi connectivity index (χ1v) is 8.87. The van der Waals surface area contributed by atoms with Gasteiger partial charge in [-0.05, 0) is 45.0 Å². The third-order valence-corrected chi connectivity index (χ3v) is 6.25. The van der Waals surface area contributed by atoms with Crippen LogP contribution in [-0.2, 0) is 14.8 Å². The molecule has 2 fully saturated rings. The van der Waals surface area contributed by atoms with Crippen molar-refractivity contribution in [2.45, 2.75) is 30.3 Å². The molecule has 0 aliphatic carbocycles. The van der Waals surface area contributed by atoms with Gasteiger partial charge in [-0.15, -0.1) is 0 Å². The lowest BCUT2D eigenvalue weighted by Gasteiger charge is -2.44. The Bertz CT molecular complexity index is 586. The van der Waals surface area contributed by atoms with Gasteiger partial charge in [0.2, 0.25) is 10.0 Å². The minimum atomic E-state index is -3.42. The molecule has 21 heavy (non-hydrogen) atoms. The number of aryl methyl sites for hydroxylation is 1. The van der Waals surface area contributed by atoms with Crippen LogP contribution in [0.4, 0.5) is 0 Å². The van der Waals surface area contributed by atoms with Crippen molar-refractivity contribution in [1.29, 1.82) is 0 Å². The van der Waals surface area contributed by atoms with Gasteiger partial charge in [0.25, 0.3) is 0 Å². The maximum absolute atomic E-state index is 12.8. The molecule has 2 aliphatic heterocycles. The van der Waals surface area contributed by atoms with E-state index < -0.39 is 10.0 Å². The van der Waals surface area contributed by atoms with Gasteiger partial charge in [-0.2, -0.15) is 4.31 Å². The lowest BCUT2D eigenvalue weighted by Crippen LogP contribution is -2.57. The average Bonchev–Trinajstić information content (AvgIpc) is 2.48. The second-order valence-corrected chi connectivity index (χ2v) is 7.87. The minimum Gasteiger partial charge on any atom is -0.372 e. The number of sulfonamides is 1. The van der Waals surface area contributed by atoms with E-state index in [2.05, 4.69) is 5.32 Å². The van der Waals surface area contributed by atoms with Gasteiger partial charge >= 0.3 is 0 Å². The summed E-state index contributed by atoms with van der Waals surface area (Å²) in [7, 11) is -3.42. The Morgan fingerprint density at radius 3 is 2.52 bits per heavy atom. The Morgan fingerprint density at radius 1 is 1.19 bits per heavy atom. The number of rotatable bonds is 2. The number of hydrogen-bond acceptors (Lipinski definition) is 4. The van der Waals surface area contributed by atoms with E-state index in [-0.39, 0.29) is 5.60 Å². The predicted octanol–water partition coefficient (Wildman–Crippen LogP) is 1.14. The van der Waals surface area contributed by atoms with Crippen molar-refractivity contribution in [2.24, 2.45) is 0 Å². The molecular formula is C15H22N2O3S. The van der Waals surface area contributed by atoms with Crippen molar-refractivity contribution in [3.05, 3.63) is 29.8 Å². The summed E-state index contributed by atoms with van der Waals surface area (Å²) in [5.41, 5.74) is 0.757. The summed E-state index contributed by atoms with van der Waals surface area (Å²) in [6.07, 6.45) is 1.74. The zero-order valence-electron chi connectivity index (χ0n) is 12.3. The lowest BCUT2D eigenvalue weighted by molar-refractivity contribution is -0.105. The second-order valence-electron chi connectivity index (χ2n) is 5.93. The molecule has 0 radical (unpaired) electrons. The van der Waals surface area contributed by atoms with E-state index in [0.29, 0.717) is 24.6 Å². The van der Waals surface area contributed by atoms with Gasteiger partial charge in [-0.1, -0.05) is 17.7 Å². The molecule has 1 aromatic carbocycles. The van der Waals surface area contributed by atoms with Crippen LogP contribution in [0.15, 0.2) is 29.2 Å². The molecule has 3 rings (SSSR count). The number of hydrogen-bond donors (Lipinski definition) is 1. The van der Waals surface area contributed by atoms with Crippen LogP contribution in [0.5, 0.6) is 0 Å². The van der Waals surface area contributed by atoms with Crippen molar-refractivity contribution >= 4 is 10.0 Å². The summed E-state index contributed by atoms with van der Waals surface area (Å²) >= 11 is 0. The first kappa shape index (κ1) is 15.0. The number of piperidine rings is 1. The van der Waals surface area contributed by atoms with Gasteiger partial charge in [0.15, 0.2) is 0 Å². The van der Waals surface area contributed by atoms with Crippen LogP contribution in [0.25, 0.3) is 0 Å². The topological polar surface area (TPSA) is 58.6 Å². The van der Waals surface area contributed by atoms with E-state index in [1.54, 1.807) is 16.4 Å². The normalized spacial score (nSPS) is 23.3. The number of benzene rings is 1. The first-order valence-electron chi connectivity index (χ1n) is 7.43. The van der Waals surface area contributed by atoms with Crippen LogP contribution in [0.3, 0.4) is 0 Å². The Hall–Kier alpha value is -0.950. The van der Waals surface area contributed by atoms with Gasteiger partial charge in [0.1, 0.15) is 0 Å². The molecule has 0 unspecified atom stereocenters. The summed E-state index contributed by atoms with van der Waals surface area (Å²) in [6, 6.07) is 7.06. The van der Waals surface area contributed by atoms with Gasteiger partial charge in [-0.25, -0.2) is 8.42 Å². The van der Waals surface area contributed by atoms with Crippen molar-refractivity contribution in [2.75, 3.05) is 32.8 Å². The van der Waals surface area contributed by atoms with Crippen molar-refractivity contribution in [3.8, 4) is 0 Å². The highest BCUT2D eigenvalue weighted by Crippen LogP contribution is 2.30. The molecule has 1 N–H and O–H groups in total. The molecule has 5 nitrogen and oxygen atoms in total.